The van der Waals surface area contributed by atoms with Gasteiger partial charge in [0.25, 0.3) is 0 Å². The second kappa shape index (κ2) is 8.70. The van der Waals surface area contributed by atoms with E-state index in [9.17, 15) is 9.59 Å². The lowest BCUT2D eigenvalue weighted by Crippen LogP contribution is -2.25. The van der Waals surface area contributed by atoms with Gasteiger partial charge in [0.15, 0.2) is 0 Å². The molecule has 2 aromatic rings. The zero-order valence-electron chi connectivity index (χ0n) is 15.5. The lowest BCUT2D eigenvalue weighted by atomic mass is 10.0. The molecule has 1 heterocycles. The summed E-state index contributed by atoms with van der Waals surface area (Å²) < 4.78 is 10.6. The molecule has 0 unspecified atom stereocenters. The van der Waals surface area contributed by atoms with Crippen LogP contribution in [0.1, 0.15) is 44.2 Å². The van der Waals surface area contributed by atoms with E-state index in [2.05, 4.69) is 19.2 Å². The number of carbonyl (C=O) groups excluding carboxylic acids is 1. The minimum absolute atomic E-state index is 0.0302. The van der Waals surface area contributed by atoms with Crippen LogP contribution >= 0.6 is 0 Å². The Kier molecular flexibility index (Phi) is 6.62. The number of methoxy groups -OCH3 is 1. The lowest BCUT2D eigenvalue weighted by molar-refractivity contribution is -0.121. The van der Waals surface area contributed by atoms with Crippen LogP contribution in [-0.4, -0.2) is 19.6 Å². The Morgan fingerprint density at radius 2 is 2.08 bits per heavy atom. The van der Waals surface area contributed by atoms with E-state index in [1.54, 1.807) is 13.2 Å². The number of amides is 1. The van der Waals surface area contributed by atoms with Crippen molar-refractivity contribution in [1.29, 1.82) is 0 Å². The van der Waals surface area contributed by atoms with Crippen molar-refractivity contribution in [3.05, 3.63) is 39.7 Å². The van der Waals surface area contributed by atoms with Crippen LogP contribution in [0.3, 0.4) is 0 Å². The first kappa shape index (κ1) is 19.0. The second-order valence-corrected chi connectivity index (χ2v) is 6.74. The van der Waals surface area contributed by atoms with Crippen LogP contribution in [0.2, 0.25) is 0 Å². The summed E-state index contributed by atoms with van der Waals surface area (Å²) in [4.78, 5) is 24.2. The van der Waals surface area contributed by atoms with E-state index in [0.29, 0.717) is 35.8 Å². The SMILES string of the molecule is COc1ccc2c(C)c(CCC(=O)NCCCC(C)C)c(=O)oc2c1. The number of nitrogens with one attached hydrogen (secondary N) is 1. The van der Waals surface area contributed by atoms with E-state index in [-0.39, 0.29) is 18.0 Å². The van der Waals surface area contributed by atoms with Gasteiger partial charge in [-0.25, -0.2) is 4.79 Å². The summed E-state index contributed by atoms with van der Waals surface area (Å²) in [6.45, 7) is 6.90. The fourth-order valence-corrected chi connectivity index (χ4v) is 2.86. The normalized spacial score (nSPS) is 11.1. The van der Waals surface area contributed by atoms with Gasteiger partial charge in [-0.3, -0.25) is 4.79 Å². The van der Waals surface area contributed by atoms with Crippen molar-refractivity contribution in [3.8, 4) is 5.75 Å². The van der Waals surface area contributed by atoms with Crippen molar-refractivity contribution in [2.45, 2.75) is 46.5 Å². The average molecular weight is 345 g/mol. The quantitative estimate of drug-likeness (QED) is 0.586. The molecule has 0 atom stereocenters. The molecule has 0 spiro atoms. The summed E-state index contributed by atoms with van der Waals surface area (Å²) in [5.41, 5.74) is 1.55. The summed E-state index contributed by atoms with van der Waals surface area (Å²) in [6.07, 6.45) is 2.74. The van der Waals surface area contributed by atoms with E-state index < -0.39 is 0 Å². The first-order valence-electron chi connectivity index (χ1n) is 8.79. The van der Waals surface area contributed by atoms with Gasteiger partial charge < -0.3 is 14.5 Å². The molecule has 1 N–H and O–H groups in total. The van der Waals surface area contributed by atoms with E-state index in [4.69, 9.17) is 9.15 Å². The number of aryl methyl sites for hydroxylation is 1. The summed E-state index contributed by atoms with van der Waals surface area (Å²) in [5, 5.41) is 3.78. The molecule has 0 radical (unpaired) electrons. The largest absolute Gasteiger partial charge is 0.497 e. The van der Waals surface area contributed by atoms with Crippen molar-refractivity contribution in [2.24, 2.45) is 5.92 Å². The summed E-state index contributed by atoms with van der Waals surface area (Å²) in [5.74, 6) is 1.25. The van der Waals surface area contributed by atoms with Crippen molar-refractivity contribution in [2.75, 3.05) is 13.7 Å². The number of rotatable bonds is 8. The van der Waals surface area contributed by atoms with Crippen LogP contribution in [-0.2, 0) is 11.2 Å². The highest BCUT2D eigenvalue weighted by Crippen LogP contribution is 2.24. The number of hydrogen-bond acceptors (Lipinski definition) is 4. The van der Waals surface area contributed by atoms with Crippen molar-refractivity contribution in [3.63, 3.8) is 0 Å². The van der Waals surface area contributed by atoms with Gasteiger partial charge in [-0.05, 0) is 49.8 Å². The van der Waals surface area contributed by atoms with Gasteiger partial charge in [-0.15, -0.1) is 0 Å². The van der Waals surface area contributed by atoms with Crippen molar-refractivity contribution in [1.82, 2.24) is 5.32 Å². The summed E-state index contributed by atoms with van der Waals surface area (Å²) in [6, 6.07) is 5.41. The summed E-state index contributed by atoms with van der Waals surface area (Å²) >= 11 is 0. The molecule has 1 aromatic heterocycles. The van der Waals surface area contributed by atoms with Crippen LogP contribution < -0.4 is 15.7 Å². The maximum atomic E-state index is 12.3. The Morgan fingerprint density at radius 3 is 2.76 bits per heavy atom. The van der Waals surface area contributed by atoms with Crippen LogP contribution in [0.25, 0.3) is 11.0 Å². The van der Waals surface area contributed by atoms with Gasteiger partial charge in [0.05, 0.1) is 7.11 Å². The molecule has 0 aliphatic rings. The number of ether oxygens (including phenoxy) is 1. The topological polar surface area (TPSA) is 68.5 Å². The molecule has 25 heavy (non-hydrogen) atoms. The molecular weight excluding hydrogens is 318 g/mol. The Labute approximate surface area is 148 Å². The van der Waals surface area contributed by atoms with Crippen LogP contribution in [0, 0.1) is 12.8 Å². The zero-order valence-corrected chi connectivity index (χ0v) is 15.5. The number of fused-ring (bicyclic) bond motifs is 1. The third-order valence-corrected chi connectivity index (χ3v) is 4.38. The highest BCUT2D eigenvalue weighted by molar-refractivity contribution is 5.82. The van der Waals surface area contributed by atoms with Gasteiger partial charge in [-0.1, -0.05) is 13.8 Å². The number of benzene rings is 1. The third kappa shape index (κ3) is 5.08. The molecule has 0 saturated carbocycles. The predicted octanol–water partition coefficient (Wildman–Crippen LogP) is 3.60. The van der Waals surface area contributed by atoms with Crippen LogP contribution in [0.4, 0.5) is 0 Å². The highest BCUT2D eigenvalue weighted by Gasteiger charge is 2.13. The maximum absolute atomic E-state index is 12.3. The van der Waals surface area contributed by atoms with E-state index in [1.165, 1.54) is 0 Å². The maximum Gasteiger partial charge on any atom is 0.339 e. The predicted molar refractivity (Wildman–Crippen MR) is 99.2 cm³/mol. The molecule has 0 aliphatic heterocycles. The van der Waals surface area contributed by atoms with Gasteiger partial charge in [-0.2, -0.15) is 0 Å². The molecule has 0 saturated heterocycles. The molecule has 0 bridgehead atoms. The number of hydrogen-bond donors (Lipinski definition) is 1. The summed E-state index contributed by atoms with van der Waals surface area (Å²) in [7, 11) is 1.57. The monoisotopic (exact) mass is 345 g/mol. The Balaban J connectivity index is 2.03. The molecule has 1 aromatic carbocycles. The highest BCUT2D eigenvalue weighted by atomic mass is 16.5. The standard InChI is InChI=1S/C20H27NO4/c1-13(2)6-5-11-21-19(22)10-9-17-14(3)16-8-7-15(24-4)12-18(16)25-20(17)23/h7-8,12-13H,5-6,9-11H2,1-4H3,(H,21,22). The Hall–Kier alpha value is -2.30. The fourth-order valence-electron chi connectivity index (χ4n) is 2.86. The minimum atomic E-state index is -0.383. The van der Waals surface area contributed by atoms with Gasteiger partial charge in [0.2, 0.25) is 5.91 Å². The Bertz CT molecular complexity index is 792. The van der Waals surface area contributed by atoms with E-state index >= 15 is 0 Å². The minimum Gasteiger partial charge on any atom is -0.497 e. The van der Waals surface area contributed by atoms with Crippen LogP contribution in [0.5, 0.6) is 5.75 Å². The molecular formula is C20H27NO4. The average Bonchev–Trinajstić information content (AvgIpc) is 2.57. The zero-order chi connectivity index (χ0) is 18.4. The first-order chi connectivity index (χ1) is 11.9. The fraction of sp³-hybridized carbons (Fsp3) is 0.500. The van der Waals surface area contributed by atoms with E-state index in [1.807, 2.05) is 19.1 Å². The van der Waals surface area contributed by atoms with Crippen molar-refractivity contribution >= 4 is 16.9 Å². The van der Waals surface area contributed by atoms with E-state index in [0.717, 1.165) is 23.8 Å². The molecule has 5 nitrogen and oxygen atoms in total. The number of carbonyl (C=O) groups is 1. The molecule has 136 valence electrons. The molecule has 0 aliphatic carbocycles. The smallest absolute Gasteiger partial charge is 0.339 e. The van der Waals surface area contributed by atoms with Gasteiger partial charge >= 0.3 is 5.63 Å². The third-order valence-electron chi connectivity index (χ3n) is 4.38. The van der Waals surface area contributed by atoms with Gasteiger partial charge in [0.1, 0.15) is 11.3 Å². The molecule has 0 fully saturated rings. The van der Waals surface area contributed by atoms with Crippen molar-refractivity contribution < 1.29 is 13.9 Å². The molecule has 2 rings (SSSR count). The second-order valence-electron chi connectivity index (χ2n) is 6.74. The first-order valence-corrected chi connectivity index (χ1v) is 8.79. The lowest BCUT2D eigenvalue weighted by Gasteiger charge is -2.09. The van der Waals surface area contributed by atoms with Gasteiger partial charge in [0, 0.05) is 30.0 Å². The molecule has 5 heteroatoms. The van der Waals surface area contributed by atoms with Crippen LogP contribution in [0.15, 0.2) is 27.4 Å². The molecule has 1 amide bonds. The Morgan fingerprint density at radius 1 is 1.32 bits per heavy atom.